The maximum Gasteiger partial charge on any atom is 0.433 e. The highest BCUT2D eigenvalue weighted by atomic mass is 19.4. The van der Waals surface area contributed by atoms with Crippen molar-refractivity contribution in [2.45, 2.75) is 50.4 Å². The van der Waals surface area contributed by atoms with Gasteiger partial charge in [0.1, 0.15) is 23.6 Å². The van der Waals surface area contributed by atoms with Crippen LogP contribution in [-0.4, -0.2) is 33.9 Å². The number of ether oxygens (including phenoxy) is 2. The number of fused-ring (bicyclic) bond motifs is 1. The van der Waals surface area contributed by atoms with Gasteiger partial charge in [-0.1, -0.05) is 24.3 Å². The van der Waals surface area contributed by atoms with Crippen molar-refractivity contribution in [3.05, 3.63) is 66.0 Å². The highest BCUT2D eigenvalue weighted by molar-refractivity contribution is 5.95. The average molecular weight is 519 g/mol. The summed E-state index contributed by atoms with van der Waals surface area (Å²) >= 11 is 0. The molecule has 2 aromatic carbocycles. The molecule has 1 aliphatic carbocycles. The molecule has 6 nitrogen and oxygen atoms in total. The molecular formula is C29H25F3N4O2. The Labute approximate surface area is 217 Å². The molecule has 0 radical (unpaired) electrons. The molecule has 6 rings (SSSR count). The van der Waals surface area contributed by atoms with E-state index in [9.17, 15) is 18.4 Å². The molecule has 38 heavy (non-hydrogen) atoms. The SMILES string of the molecule is N#Cc1c(-c2ccc(-c3nccc(C(F)(F)F)n3)cc2)n(C2CCC2)c2cc(OC3CCOCC3)ccc12. The first-order valence-corrected chi connectivity index (χ1v) is 12.8. The molecule has 0 spiro atoms. The molecule has 1 saturated carbocycles. The summed E-state index contributed by atoms with van der Waals surface area (Å²) in [7, 11) is 0. The van der Waals surface area contributed by atoms with Gasteiger partial charge in [-0.25, -0.2) is 9.97 Å². The van der Waals surface area contributed by atoms with Gasteiger partial charge in [0.05, 0.1) is 30.0 Å². The summed E-state index contributed by atoms with van der Waals surface area (Å²) in [5.41, 5.74) is 2.64. The van der Waals surface area contributed by atoms with Crippen molar-refractivity contribution < 1.29 is 22.6 Å². The predicted molar refractivity (Wildman–Crippen MR) is 135 cm³/mol. The lowest BCUT2D eigenvalue weighted by molar-refractivity contribution is -0.141. The lowest BCUT2D eigenvalue weighted by atomic mass is 9.92. The Bertz CT molecular complexity index is 1510. The summed E-state index contributed by atoms with van der Waals surface area (Å²) < 4.78 is 53.4. The number of halogens is 3. The molecule has 2 fully saturated rings. The molecule has 0 amide bonds. The molecule has 4 aromatic rings. The zero-order valence-electron chi connectivity index (χ0n) is 20.5. The van der Waals surface area contributed by atoms with E-state index in [1.54, 1.807) is 12.1 Å². The fourth-order valence-corrected chi connectivity index (χ4v) is 5.20. The molecule has 0 atom stereocenters. The van der Waals surface area contributed by atoms with Crippen LogP contribution in [0, 0.1) is 11.3 Å². The van der Waals surface area contributed by atoms with Gasteiger partial charge in [0.15, 0.2) is 5.82 Å². The first-order chi connectivity index (χ1) is 18.4. The number of hydrogen-bond acceptors (Lipinski definition) is 5. The van der Waals surface area contributed by atoms with Crippen LogP contribution in [0.5, 0.6) is 5.75 Å². The molecule has 1 aliphatic heterocycles. The third-order valence-corrected chi connectivity index (χ3v) is 7.36. The summed E-state index contributed by atoms with van der Waals surface area (Å²) in [4.78, 5) is 7.72. The van der Waals surface area contributed by atoms with Crippen LogP contribution in [0.2, 0.25) is 0 Å². The smallest absolute Gasteiger partial charge is 0.433 e. The first-order valence-electron chi connectivity index (χ1n) is 12.8. The molecule has 9 heteroatoms. The molecule has 0 N–H and O–H groups in total. The molecule has 0 unspecified atom stereocenters. The maximum absolute atomic E-state index is 13.1. The van der Waals surface area contributed by atoms with Crippen LogP contribution >= 0.6 is 0 Å². The van der Waals surface area contributed by atoms with Crippen LogP contribution in [0.25, 0.3) is 33.5 Å². The zero-order chi connectivity index (χ0) is 26.3. The van der Waals surface area contributed by atoms with Crippen molar-refractivity contribution in [3.63, 3.8) is 0 Å². The number of alkyl halides is 3. The molecule has 194 valence electrons. The van der Waals surface area contributed by atoms with Gasteiger partial charge in [0.2, 0.25) is 0 Å². The van der Waals surface area contributed by atoms with E-state index < -0.39 is 11.9 Å². The van der Waals surface area contributed by atoms with Crippen LogP contribution in [0.1, 0.15) is 49.4 Å². The van der Waals surface area contributed by atoms with Crippen LogP contribution < -0.4 is 4.74 Å². The van der Waals surface area contributed by atoms with E-state index in [0.29, 0.717) is 24.3 Å². The Kier molecular flexibility index (Phi) is 6.28. The molecule has 0 bridgehead atoms. The van der Waals surface area contributed by atoms with Crippen LogP contribution in [0.15, 0.2) is 54.7 Å². The quantitative estimate of drug-likeness (QED) is 0.286. The van der Waals surface area contributed by atoms with Gasteiger partial charge in [0.25, 0.3) is 0 Å². The van der Waals surface area contributed by atoms with E-state index in [1.807, 2.05) is 30.3 Å². The second kappa shape index (κ2) is 9.76. The fraction of sp³-hybridized carbons (Fsp3) is 0.345. The average Bonchev–Trinajstić information content (AvgIpc) is 3.21. The number of nitriles is 1. The second-order valence-electron chi connectivity index (χ2n) is 9.74. The van der Waals surface area contributed by atoms with Crippen LogP contribution in [0.4, 0.5) is 13.2 Å². The van der Waals surface area contributed by atoms with Crippen molar-refractivity contribution in [2.75, 3.05) is 13.2 Å². The Balaban J connectivity index is 1.41. The van der Waals surface area contributed by atoms with E-state index in [2.05, 4.69) is 20.6 Å². The zero-order valence-corrected chi connectivity index (χ0v) is 20.5. The third-order valence-electron chi connectivity index (χ3n) is 7.36. The molecule has 2 aromatic heterocycles. The minimum Gasteiger partial charge on any atom is -0.490 e. The highest BCUT2D eigenvalue weighted by Gasteiger charge is 2.33. The van der Waals surface area contributed by atoms with Gasteiger partial charge in [0, 0.05) is 42.1 Å². The molecule has 2 aliphatic rings. The van der Waals surface area contributed by atoms with E-state index in [0.717, 1.165) is 72.3 Å². The number of hydrogen-bond donors (Lipinski definition) is 0. The van der Waals surface area contributed by atoms with Crippen molar-refractivity contribution in [2.24, 2.45) is 0 Å². The summed E-state index contributed by atoms with van der Waals surface area (Å²) in [6.07, 6.45) is 1.52. The van der Waals surface area contributed by atoms with E-state index in [1.165, 1.54) is 0 Å². The van der Waals surface area contributed by atoms with Gasteiger partial charge >= 0.3 is 6.18 Å². The van der Waals surface area contributed by atoms with Gasteiger partial charge < -0.3 is 14.0 Å². The number of nitrogens with zero attached hydrogens (tertiary/aromatic N) is 4. The minimum atomic E-state index is -4.55. The lowest BCUT2D eigenvalue weighted by Crippen LogP contribution is -2.25. The Morgan fingerprint density at radius 3 is 2.37 bits per heavy atom. The molecule has 3 heterocycles. The van der Waals surface area contributed by atoms with Crippen molar-refractivity contribution >= 4 is 10.9 Å². The van der Waals surface area contributed by atoms with Crippen LogP contribution in [-0.2, 0) is 10.9 Å². The van der Waals surface area contributed by atoms with Crippen molar-refractivity contribution in [1.82, 2.24) is 14.5 Å². The fourth-order valence-electron chi connectivity index (χ4n) is 5.20. The highest BCUT2D eigenvalue weighted by Crippen LogP contribution is 2.43. The largest absolute Gasteiger partial charge is 0.490 e. The van der Waals surface area contributed by atoms with Gasteiger partial charge in [-0.2, -0.15) is 18.4 Å². The standard InChI is InChI=1S/C29H25F3N4O2/c30-29(31,32)26-10-13-34-28(35-26)19-6-4-18(5-7-19)27-24(17-33)23-9-8-22(38-21-11-14-37-15-12-21)16-25(23)36(27)20-2-1-3-20/h4-10,13,16,20-21H,1-3,11-12,14-15H2. The van der Waals surface area contributed by atoms with Gasteiger partial charge in [-0.15, -0.1) is 0 Å². The minimum absolute atomic E-state index is 0.00122. The summed E-state index contributed by atoms with van der Waals surface area (Å²) in [6, 6.07) is 16.5. The Morgan fingerprint density at radius 1 is 0.974 bits per heavy atom. The summed E-state index contributed by atoms with van der Waals surface area (Å²) in [5.74, 6) is 0.775. The number of aromatic nitrogens is 3. The molecule has 1 saturated heterocycles. The summed E-state index contributed by atoms with van der Waals surface area (Å²) in [6.45, 7) is 1.38. The Hall–Kier alpha value is -3.90. The van der Waals surface area contributed by atoms with Gasteiger partial charge in [-0.3, -0.25) is 0 Å². The van der Waals surface area contributed by atoms with E-state index in [-0.39, 0.29) is 18.0 Å². The van der Waals surface area contributed by atoms with Crippen molar-refractivity contribution in [3.8, 4) is 34.5 Å². The monoisotopic (exact) mass is 518 g/mol. The first kappa shape index (κ1) is 24.4. The Morgan fingerprint density at radius 2 is 1.71 bits per heavy atom. The normalized spacial score (nSPS) is 16.8. The maximum atomic E-state index is 13.1. The predicted octanol–water partition coefficient (Wildman–Crippen LogP) is 6.94. The number of rotatable bonds is 5. The topological polar surface area (TPSA) is 73.0 Å². The van der Waals surface area contributed by atoms with Crippen molar-refractivity contribution in [1.29, 1.82) is 5.26 Å². The van der Waals surface area contributed by atoms with Gasteiger partial charge in [-0.05, 0) is 43.0 Å². The lowest BCUT2D eigenvalue weighted by Gasteiger charge is -2.30. The second-order valence-corrected chi connectivity index (χ2v) is 9.74. The van der Waals surface area contributed by atoms with E-state index in [4.69, 9.17) is 9.47 Å². The number of benzene rings is 2. The third kappa shape index (κ3) is 4.50. The van der Waals surface area contributed by atoms with E-state index >= 15 is 0 Å². The summed E-state index contributed by atoms with van der Waals surface area (Å²) in [5, 5.41) is 11.1. The van der Waals surface area contributed by atoms with Crippen LogP contribution in [0.3, 0.4) is 0 Å². The molecular weight excluding hydrogens is 493 g/mol.